The second kappa shape index (κ2) is 30.2. The Labute approximate surface area is 817 Å². The molecule has 0 saturated heterocycles. The van der Waals surface area contributed by atoms with Crippen molar-refractivity contribution in [1.29, 1.82) is 0 Å². The number of aryl methyl sites for hydroxylation is 2. The molecule has 22 aromatic rings. The molecule has 0 atom stereocenters. The molecule has 0 unspecified atom stereocenters. The summed E-state index contributed by atoms with van der Waals surface area (Å²) in [4.78, 5) is 10.0. The van der Waals surface area contributed by atoms with Gasteiger partial charge < -0.3 is 37.6 Å². The summed E-state index contributed by atoms with van der Waals surface area (Å²) >= 11 is 3.87. The summed E-state index contributed by atoms with van der Waals surface area (Å²) in [5.41, 5.74) is 43.2. The quantitative estimate of drug-likeness (QED) is 0.141. The van der Waals surface area contributed by atoms with Crippen LogP contribution in [-0.4, -0.2) is 22.6 Å². The van der Waals surface area contributed by atoms with Crippen molar-refractivity contribution in [3.05, 3.63) is 360 Å². The zero-order chi connectivity index (χ0) is 94.9. The van der Waals surface area contributed by atoms with Gasteiger partial charge in [-0.15, -0.1) is 22.7 Å². The van der Waals surface area contributed by atoms with E-state index >= 15 is 0 Å². The molecule has 0 aliphatic carbocycles. The van der Waals surface area contributed by atoms with Gasteiger partial charge in [0.05, 0.1) is 48.2 Å². The Morgan fingerprint density at radius 2 is 0.587 bits per heavy atom. The van der Waals surface area contributed by atoms with E-state index in [0.29, 0.717) is 0 Å². The van der Waals surface area contributed by atoms with Crippen molar-refractivity contribution in [3.63, 3.8) is 0 Å². The maximum atomic E-state index is 6.97. The van der Waals surface area contributed by atoms with Crippen LogP contribution in [0.2, 0.25) is 0 Å². The van der Waals surface area contributed by atoms with Crippen molar-refractivity contribution >= 4 is 243 Å². The summed E-state index contributed by atoms with van der Waals surface area (Å²) in [6.07, 6.45) is 0. The van der Waals surface area contributed by atoms with Crippen molar-refractivity contribution in [1.82, 2.24) is 9.13 Å². The Morgan fingerprint density at radius 1 is 0.246 bits per heavy atom. The van der Waals surface area contributed by atoms with E-state index in [2.05, 4.69) is 483 Å². The van der Waals surface area contributed by atoms with Crippen LogP contribution in [0.5, 0.6) is 0 Å². The maximum Gasteiger partial charge on any atom is 0.252 e. The van der Waals surface area contributed by atoms with E-state index in [1.807, 2.05) is 22.7 Å². The number of aromatic nitrogens is 2. The van der Waals surface area contributed by atoms with Gasteiger partial charge in [0.25, 0.3) is 13.4 Å². The first-order valence-electron chi connectivity index (χ1n) is 49.1. The molecule has 4 aliphatic rings. The fourth-order valence-corrected chi connectivity index (χ4v) is 25.4. The van der Waals surface area contributed by atoms with Crippen molar-refractivity contribution < 1.29 is 8.83 Å². The number of hydrogen-bond acceptors (Lipinski definition) is 8. The molecule has 676 valence electrons. The van der Waals surface area contributed by atoms with Crippen molar-refractivity contribution in [2.75, 3.05) is 19.6 Å². The molecule has 10 heterocycles. The van der Waals surface area contributed by atoms with E-state index < -0.39 is 0 Å². The molecule has 16 aromatic carbocycles. The maximum absolute atomic E-state index is 6.97. The lowest BCUT2D eigenvalue weighted by Crippen LogP contribution is -2.60. The van der Waals surface area contributed by atoms with Gasteiger partial charge in [-0.2, -0.15) is 0 Å². The molecular weight excluding hydrogens is 1720 g/mol. The number of nitrogens with zero attached hydrogens (tertiary/aromatic N) is 6. The number of para-hydroxylation sites is 3. The first kappa shape index (κ1) is 85.6. The van der Waals surface area contributed by atoms with E-state index in [1.165, 1.54) is 168 Å². The summed E-state index contributed by atoms with van der Waals surface area (Å²) in [6, 6.07) is 120. The van der Waals surface area contributed by atoms with E-state index in [1.54, 1.807) is 0 Å². The molecule has 0 saturated carbocycles. The number of furan rings is 2. The average Bonchev–Trinajstić information content (AvgIpc) is 1.52. The van der Waals surface area contributed by atoms with Gasteiger partial charge in [0, 0.05) is 115 Å². The Balaban J connectivity index is 0.000000146. The van der Waals surface area contributed by atoms with Crippen LogP contribution in [0.15, 0.2) is 324 Å². The van der Waals surface area contributed by atoms with Crippen LogP contribution in [0.3, 0.4) is 0 Å². The molecule has 138 heavy (non-hydrogen) atoms. The van der Waals surface area contributed by atoms with Crippen LogP contribution in [0.25, 0.3) is 118 Å². The summed E-state index contributed by atoms with van der Waals surface area (Å²) in [5, 5.41) is 9.78. The molecule has 0 N–H and O–H groups in total. The van der Waals surface area contributed by atoms with E-state index in [4.69, 9.17) is 8.83 Å². The van der Waals surface area contributed by atoms with Gasteiger partial charge in [-0.25, -0.2) is 0 Å². The minimum absolute atomic E-state index is 0.0191. The molecule has 4 aliphatic heterocycles. The SMILES string of the molecule is Cc1cc2c3c(c1)-n1c4c(cc(C(C)(C)C)cc4c4sc5ccccc5c41)B3c1ccc(N(c3ccc(C(C)(C)C)cc3)c3ccc(C(C)(C)C)cc3)cc1N2c1cccc2c1oc1ccccc12.Cc1cc2c3c(c1)-n1c4c(cc(C(C)(C)C)cc4c4sc5ccccc5c41)B3c1ccc(N(c3ccc(C(C)(C)C)cc3)c3ccc(C(C)(C)C)cc3)cc1N2c1cccc2oc3ccccc3c12. The summed E-state index contributed by atoms with van der Waals surface area (Å²) < 4.78 is 24.3. The average molecular weight is 1830 g/mol. The molecule has 0 spiro atoms. The smallest absolute Gasteiger partial charge is 0.252 e. The second-order valence-electron chi connectivity index (χ2n) is 45.5. The number of anilines is 12. The minimum atomic E-state index is -0.0674. The second-order valence-corrected chi connectivity index (χ2v) is 47.6. The zero-order valence-electron chi connectivity index (χ0n) is 82.5. The summed E-state index contributed by atoms with van der Waals surface area (Å²) in [6.45, 7) is 46.1. The molecule has 0 radical (unpaired) electrons. The van der Waals surface area contributed by atoms with Gasteiger partial charge in [0.15, 0.2) is 5.58 Å². The van der Waals surface area contributed by atoms with Crippen LogP contribution in [-0.2, 0) is 32.5 Å². The van der Waals surface area contributed by atoms with Crippen LogP contribution < -0.4 is 52.4 Å². The lowest BCUT2D eigenvalue weighted by atomic mass is 9.33. The van der Waals surface area contributed by atoms with Crippen LogP contribution in [0.1, 0.15) is 169 Å². The number of rotatable bonds is 8. The lowest BCUT2D eigenvalue weighted by molar-refractivity contribution is 0.590. The lowest BCUT2D eigenvalue weighted by Gasteiger charge is -2.41. The van der Waals surface area contributed by atoms with Crippen molar-refractivity contribution in [2.24, 2.45) is 0 Å². The Hall–Kier alpha value is -14.0. The summed E-state index contributed by atoms with van der Waals surface area (Å²) in [7, 11) is 0. The number of fused-ring (bicyclic) bond motifs is 24. The first-order chi connectivity index (χ1) is 66.0. The predicted molar refractivity (Wildman–Crippen MR) is 597 cm³/mol. The number of thiophene rings is 2. The van der Waals surface area contributed by atoms with Crippen molar-refractivity contribution in [2.45, 2.75) is 171 Å². The summed E-state index contributed by atoms with van der Waals surface area (Å²) in [5.74, 6) is 0. The topological polar surface area (TPSA) is 49.1 Å². The Morgan fingerprint density at radius 3 is 1.01 bits per heavy atom. The molecule has 0 amide bonds. The van der Waals surface area contributed by atoms with Gasteiger partial charge in [-0.3, -0.25) is 0 Å². The van der Waals surface area contributed by atoms with Crippen LogP contribution in [0, 0.1) is 13.8 Å². The third-order valence-electron chi connectivity index (χ3n) is 30.1. The van der Waals surface area contributed by atoms with Gasteiger partial charge in [0.2, 0.25) is 0 Å². The highest BCUT2D eigenvalue weighted by Gasteiger charge is 2.48. The van der Waals surface area contributed by atoms with E-state index in [-0.39, 0.29) is 45.9 Å². The van der Waals surface area contributed by atoms with Gasteiger partial charge in [-0.05, 0) is 275 Å². The molecule has 12 heteroatoms. The van der Waals surface area contributed by atoms with Gasteiger partial charge in [0.1, 0.15) is 16.7 Å². The standard InChI is InChI=1S/2C63H56BN3OS/c1-37-32-52-56-53(33-37)67-57-47(60-58(67)46-17-12-14-21-55(46)69-60)34-40(63(8,9)10)35-49(57)64(56)48-31-30-43(36-51(48)66(52)50-19-15-18-45-44-16-11-13-20-54(44)68-59(45)50)65(41-26-22-38(23-27-41)61(2,3)4)42-28-24-39(25-29-42)62(5,6)7;1-37-32-51-57-52(33-37)67-58-46(60-59(67)45-17-12-14-21-55(45)69-60)34-40(63(8,9)10)35-48(58)64(57)47-31-30-43(36-50(47)66(51)49-18-15-20-54-56(49)44-16-11-13-19-53(44)68-54)65(41-26-22-38(23-27-41)61(2,3)4)42-28-24-39(25-29-42)62(5,6)7/h2*11-36H,1-10H3. The molecule has 8 nitrogen and oxygen atoms in total. The fourth-order valence-electron chi connectivity index (χ4n) is 23.0. The monoisotopic (exact) mass is 1830 g/mol. The van der Waals surface area contributed by atoms with Crippen LogP contribution in [0.4, 0.5) is 68.2 Å². The molecular formula is C126H112B2N6O2S2. The number of benzene rings is 16. The van der Waals surface area contributed by atoms with Gasteiger partial charge >= 0.3 is 0 Å². The molecule has 0 bridgehead atoms. The predicted octanol–water partition coefficient (Wildman–Crippen LogP) is 32.4. The molecule has 26 rings (SSSR count). The highest BCUT2D eigenvalue weighted by Crippen LogP contribution is 2.55. The highest BCUT2D eigenvalue weighted by atomic mass is 32.1. The Kier molecular flexibility index (Phi) is 18.8. The van der Waals surface area contributed by atoms with E-state index in [0.717, 1.165) is 95.1 Å². The normalized spacial score (nSPS) is 13.6. The highest BCUT2D eigenvalue weighted by molar-refractivity contribution is 7.27. The third kappa shape index (κ3) is 13.2. The fraction of sp³-hybridized carbons (Fsp3) is 0.206. The van der Waals surface area contributed by atoms with Crippen molar-refractivity contribution in [3.8, 4) is 11.4 Å². The molecule has 0 fully saturated rings. The number of hydrogen-bond donors (Lipinski definition) is 0. The van der Waals surface area contributed by atoms with Gasteiger partial charge in [-0.1, -0.05) is 288 Å². The largest absolute Gasteiger partial charge is 0.456 e. The van der Waals surface area contributed by atoms with E-state index in [9.17, 15) is 0 Å². The third-order valence-corrected chi connectivity index (χ3v) is 32.5. The zero-order valence-corrected chi connectivity index (χ0v) is 84.1. The molecule has 6 aromatic heterocycles. The van der Waals surface area contributed by atoms with Crippen LogP contribution >= 0.6 is 22.7 Å². The minimum Gasteiger partial charge on any atom is -0.456 e. The Bertz CT molecular complexity index is 8760. The first-order valence-corrected chi connectivity index (χ1v) is 50.7.